The van der Waals surface area contributed by atoms with Gasteiger partial charge in [0.25, 0.3) is 0 Å². The first-order valence-corrected chi connectivity index (χ1v) is 3.93. The Labute approximate surface area is 77.0 Å². The summed E-state index contributed by atoms with van der Waals surface area (Å²) in [5.74, 6) is 4.11. The zero-order valence-electron chi connectivity index (χ0n) is 6.05. The summed E-state index contributed by atoms with van der Waals surface area (Å²) in [7, 11) is 0. The molecule has 66 valence electrons. The van der Waals surface area contributed by atoms with Crippen molar-refractivity contribution in [3.05, 3.63) is 28.0 Å². The maximum absolute atomic E-state index is 12.7. The van der Waals surface area contributed by atoms with Crippen molar-refractivity contribution in [3.8, 4) is 5.75 Å². The quantitative estimate of drug-likeness (QED) is 0.768. The van der Waals surface area contributed by atoms with Crippen LogP contribution >= 0.6 is 15.9 Å². The molecular formula is C7H7BrFNO2. The smallest absolute Gasteiger partial charge is 0.141 e. The Kier molecular flexibility index (Phi) is 3.02. The van der Waals surface area contributed by atoms with Gasteiger partial charge in [0.2, 0.25) is 0 Å². The monoisotopic (exact) mass is 235 g/mol. The molecule has 0 aromatic heterocycles. The Balaban J connectivity index is 3.05. The fraction of sp³-hybridized carbons (Fsp3) is 0.143. The fourth-order valence-corrected chi connectivity index (χ4v) is 1.17. The van der Waals surface area contributed by atoms with Crippen molar-refractivity contribution in [2.45, 2.75) is 6.61 Å². The number of nitrogens with two attached hydrogens (primary N) is 1. The number of rotatable bonds is 2. The summed E-state index contributed by atoms with van der Waals surface area (Å²) >= 11 is 2.97. The highest BCUT2D eigenvalue weighted by atomic mass is 79.9. The average Bonchev–Trinajstić information content (AvgIpc) is 2.01. The highest BCUT2D eigenvalue weighted by molar-refractivity contribution is 9.10. The van der Waals surface area contributed by atoms with Crippen LogP contribution in [0.25, 0.3) is 0 Å². The first-order valence-electron chi connectivity index (χ1n) is 3.13. The summed E-state index contributed by atoms with van der Waals surface area (Å²) in [5, 5.41) is 9.15. The molecule has 0 aliphatic heterocycles. The van der Waals surface area contributed by atoms with Crippen molar-refractivity contribution in [2.24, 2.45) is 5.90 Å². The van der Waals surface area contributed by atoms with Crippen LogP contribution in [0, 0.1) is 5.82 Å². The summed E-state index contributed by atoms with van der Waals surface area (Å²) in [5.41, 5.74) is 0.436. The lowest BCUT2D eigenvalue weighted by Crippen LogP contribution is -1.99. The van der Waals surface area contributed by atoms with E-state index in [-0.39, 0.29) is 16.8 Å². The number of aromatic hydroxyl groups is 1. The lowest BCUT2D eigenvalue weighted by molar-refractivity contribution is 0.122. The van der Waals surface area contributed by atoms with Crippen LogP contribution in [-0.4, -0.2) is 5.11 Å². The summed E-state index contributed by atoms with van der Waals surface area (Å²) in [6.07, 6.45) is 0. The summed E-state index contributed by atoms with van der Waals surface area (Å²) in [6, 6.07) is 2.41. The summed E-state index contributed by atoms with van der Waals surface area (Å²) < 4.78 is 13.0. The third kappa shape index (κ3) is 1.94. The normalized spacial score (nSPS) is 10.2. The molecule has 0 unspecified atom stereocenters. The zero-order chi connectivity index (χ0) is 9.14. The molecule has 0 aliphatic carbocycles. The maximum Gasteiger partial charge on any atom is 0.141 e. The van der Waals surface area contributed by atoms with E-state index in [4.69, 9.17) is 11.0 Å². The molecule has 0 saturated carbocycles. The van der Waals surface area contributed by atoms with Crippen LogP contribution in [0.5, 0.6) is 5.75 Å². The van der Waals surface area contributed by atoms with E-state index in [1.54, 1.807) is 0 Å². The van der Waals surface area contributed by atoms with Crippen molar-refractivity contribution < 1.29 is 14.3 Å². The van der Waals surface area contributed by atoms with Crippen molar-refractivity contribution in [3.63, 3.8) is 0 Å². The van der Waals surface area contributed by atoms with Gasteiger partial charge in [0.05, 0.1) is 11.1 Å². The van der Waals surface area contributed by atoms with Crippen molar-refractivity contribution in [1.29, 1.82) is 0 Å². The molecule has 5 heteroatoms. The lowest BCUT2D eigenvalue weighted by Gasteiger charge is -2.03. The van der Waals surface area contributed by atoms with Crippen molar-refractivity contribution in [2.75, 3.05) is 0 Å². The Bertz CT molecular complexity index is 293. The summed E-state index contributed by atoms with van der Waals surface area (Å²) in [6.45, 7) is 0.0463. The Morgan fingerprint density at radius 1 is 1.58 bits per heavy atom. The Morgan fingerprint density at radius 3 is 2.83 bits per heavy atom. The van der Waals surface area contributed by atoms with E-state index in [0.29, 0.717) is 5.56 Å². The van der Waals surface area contributed by atoms with Gasteiger partial charge in [-0.2, -0.15) is 0 Å². The van der Waals surface area contributed by atoms with E-state index in [9.17, 15) is 4.39 Å². The number of phenolic OH excluding ortho intramolecular Hbond substituents is 1. The van der Waals surface area contributed by atoms with Gasteiger partial charge in [-0.3, -0.25) is 4.84 Å². The molecule has 0 atom stereocenters. The topological polar surface area (TPSA) is 55.5 Å². The molecule has 0 bridgehead atoms. The standard InChI is InChI=1S/C7H7BrFNO2/c8-5-1-4(3-12-10)7(11)2-6(5)9/h1-2,11H,3,10H2. The molecular weight excluding hydrogens is 229 g/mol. The molecule has 0 spiro atoms. The third-order valence-electron chi connectivity index (χ3n) is 1.36. The molecule has 3 N–H and O–H groups in total. The minimum atomic E-state index is -0.520. The van der Waals surface area contributed by atoms with Crippen molar-refractivity contribution in [1.82, 2.24) is 0 Å². The Morgan fingerprint density at radius 2 is 2.25 bits per heavy atom. The molecule has 0 radical (unpaired) electrons. The van der Waals surface area contributed by atoms with E-state index in [1.165, 1.54) is 6.07 Å². The number of benzene rings is 1. The van der Waals surface area contributed by atoms with Gasteiger partial charge in [-0.25, -0.2) is 10.3 Å². The first kappa shape index (κ1) is 9.44. The van der Waals surface area contributed by atoms with E-state index >= 15 is 0 Å². The Hall–Kier alpha value is -0.650. The second-order valence-electron chi connectivity index (χ2n) is 2.21. The van der Waals surface area contributed by atoms with Gasteiger partial charge < -0.3 is 5.11 Å². The van der Waals surface area contributed by atoms with Crippen LogP contribution in [-0.2, 0) is 11.4 Å². The fourth-order valence-electron chi connectivity index (χ4n) is 0.783. The second-order valence-corrected chi connectivity index (χ2v) is 3.06. The molecule has 0 aliphatic rings. The van der Waals surface area contributed by atoms with Crippen LogP contribution in [0.15, 0.2) is 16.6 Å². The highest BCUT2D eigenvalue weighted by Gasteiger charge is 2.06. The van der Waals surface area contributed by atoms with Gasteiger partial charge in [-0.15, -0.1) is 0 Å². The first-order chi connectivity index (χ1) is 5.65. The minimum absolute atomic E-state index is 0.0463. The number of hydrogen-bond acceptors (Lipinski definition) is 3. The molecule has 12 heavy (non-hydrogen) atoms. The molecule has 0 heterocycles. The van der Waals surface area contributed by atoms with Gasteiger partial charge in [0.1, 0.15) is 11.6 Å². The van der Waals surface area contributed by atoms with Gasteiger partial charge >= 0.3 is 0 Å². The van der Waals surface area contributed by atoms with E-state index in [0.717, 1.165) is 6.07 Å². The van der Waals surface area contributed by atoms with Crippen molar-refractivity contribution >= 4 is 15.9 Å². The number of halogens is 2. The van der Waals surface area contributed by atoms with Gasteiger partial charge in [0, 0.05) is 11.6 Å². The molecule has 1 aromatic rings. The largest absolute Gasteiger partial charge is 0.507 e. The second kappa shape index (κ2) is 3.84. The molecule has 3 nitrogen and oxygen atoms in total. The van der Waals surface area contributed by atoms with Crippen LogP contribution < -0.4 is 5.90 Å². The predicted molar refractivity (Wildman–Crippen MR) is 44.7 cm³/mol. The predicted octanol–water partition coefficient (Wildman–Crippen LogP) is 1.68. The average molecular weight is 236 g/mol. The molecule has 0 saturated heterocycles. The zero-order valence-corrected chi connectivity index (χ0v) is 7.64. The van der Waals surface area contributed by atoms with Crippen LogP contribution in [0.4, 0.5) is 4.39 Å². The number of hydrogen-bond donors (Lipinski definition) is 2. The van der Waals surface area contributed by atoms with Crippen LogP contribution in [0.3, 0.4) is 0 Å². The van der Waals surface area contributed by atoms with Gasteiger partial charge in [0.15, 0.2) is 0 Å². The minimum Gasteiger partial charge on any atom is -0.507 e. The molecule has 0 fully saturated rings. The third-order valence-corrected chi connectivity index (χ3v) is 1.97. The van der Waals surface area contributed by atoms with Gasteiger partial charge in [-0.05, 0) is 22.0 Å². The SMILES string of the molecule is NOCc1cc(Br)c(F)cc1O. The molecule has 1 rings (SSSR count). The maximum atomic E-state index is 12.7. The number of phenols is 1. The molecule has 1 aromatic carbocycles. The van der Waals surface area contributed by atoms with E-state index in [1.807, 2.05) is 0 Å². The van der Waals surface area contributed by atoms with E-state index < -0.39 is 5.82 Å². The van der Waals surface area contributed by atoms with E-state index in [2.05, 4.69) is 20.8 Å². The van der Waals surface area contributed by atoms with Crippen LogP contribution in [0.1, 0.15) is 5.56 Å². The van der Waals surface area contributed by atoms with Gasteiger partial charge in [-0.1, -0.05) is 0 Å². The lowest BCUT2D eigenvalue weighted by atomic mass is 10.2. The molecule has 0 amide bonds. The summed E-state index contributed by atoms with van der Waals surface area (Å²) in [4.78, 5) is 4.30. The highest BCUT2D eigenvalue weighted by Crippen LogP contribution is 2.25. The van der Waals surface area contributed by atoms with Crippen LogP contribution in [0.2, 0.25) is 0 Å².